The van der Waals surface area contributed by atoms with E-state index in [0.717, 1.165) is 5.56 Å². The second-order valence-corrected chi connectivity index (χ2v) is 6.56. The SMILES string of the molecule is CC(Oc1ccc([N+](=O)[O-])cc1)C(=O)NNC(=O)COc1ccc(C(C)C)cc1. The van der Waals surface area contributed by atoms with Crippen LogP contribution in [0, 0.1) is 10.1 Å². The summed E-state index contributed by atoms with van der Waals surface area (Å²) in [6.45, 7) is 5.38. The average molecular weight is 401 g/mol. The van der Waals surface area contributed by atoms with Gasteiger partial charge < -0.3 is 9.47 Å². The van der Waals surface area contributed by atoms with Crippen molar-refractivity contribution in [3.8, 4) is 11.5 Å². The van der Waals surface area contributed by atoms with Crippen LogP contribution in [0.5, 0.6) is 11.5 Å². The van der Waals surface area contributed by atoms with Crippen LogP contribution < -0.4 is 20.3 Å². The molecule has 2 rings (SSSR count). The molecule has 0 saturated carbocycles. The lowest BCUT2D eigenvalue weighted by atomic mass is 10.0. The molecule has 154 valence electrons. The summed E-state index contributed by atoms with van der Waals surface area (Å²) in [4.78, 5) is 33.9. The normalized spacial score (nSPS) is 11.4. The molecule has 0 aliphatic rings. The van der Waals surface area contributed by atoms with Gasteiger partial charge in [-0.25, -0.2) is 0 Å². The number of nitrogens with one attached hydrogen (secondary N) is 2. The maximum absolute atomic E-state index is 12.0. The van der Waals surface area contributed by atoms with Gasteiger partial charge in [-0.15, -0.1) is 0 Å². The molecule has 1 atom stereocenters. The second kappa shape index (κ2) is 10.1. The van der Waals surface area contributed by atoms with E-state index in [2.05, 4.69) is 24.7 Å². The molecular weight excluding hydrogens is 378 g/mol. The molecule has 9 heteroatoms. The van der Waals surface area contributed by atoms with Crippen LogP contribution in [-0.4, -0.2) is 29.4 Å². The molecule has 0 bridgehead atoms. The van der Waals surface area contributed by atoms with Gasteiger partial charge in [0.25, 0.3) is 17.5 Å². The van der Waals surface area contributed by atoms with Gasteiger partial charge in [-0.2, -0.15) is 0 Å². The van der Waals surface area contributed by atoms with Crippen molar-refractivity contribution in [2.75, 3.05) is 6.61 Å². The molecule has 0 radical (unpaired) electrons. The number of carbonyl (C=O) groups excluding carboxylic acids is 2. The van der Waals surface area contributed by atoms with E-state index >= 15 is 0 Å². The minimum Gasteiger partial charge on any atom is -0.484 e. The van der Waals surface area contributed by atoms with Crippen molar-refractivity contribution in [3.63, 3.8) is 0 Å². The van der Waals surface area contributed by atoms with Crippen molar-refractivity contribution in [2.45, 2.75) is 32.8 Å². The molecule has 2 N–H and O–H groups in total. The van der Waals surface area contributed by atoms with Gasteiger partial charge in [-0.3, -0.25) is 30.6 Å². The quantitative estimate of drug-likeness (QED) is 0.518. The molecular formula is C20H23N3O6. The fourth-order valence-electron chi connectivity index (χ4n) is 2.27. The smallest absolute Gasteiger partial charge is 0.279 e. The van der Waals surface area contributed by atoms with E-state index in [4.69, 9.17) is 9.47 Å². The van der Waals surface area contributed by atoms with Crippen LogP contribution in [-0.2, 0) is 9.59 Å². The summed E-state index contributed by atoms with van der Waals surface area (Å²) < 4.78 is 10.8. The standard InChI is InChI=1S/C20H23N3O6/c1-13(2)15-4-8-17(9-5-15)28-12-19(24)21-22-20(25)14(3)29-18-10-6-16(7-11-18)23(26)27/h4-11,13-14H,12H2,1-3H3,(H,21,24)(H,22,25). The molecule has 0 saturated heterocycles. The number of hydrazine groups is 1. The number of ether oxygens (including phenoxy) is 2. The summed E-state index contributed by atoms with van der Waals surface area (Å²) in [6, 6.07) is 12.7. The predicted octanol–water partition coefficient (Wildman–Crippen LogP) is 2.71. The molecule has 0 aliphatic carbocycles. The summed E-state index contributed by atoms with van der Waals surface area (Å²) in [5.74, 6) is 0.119. The number of hydrogen-bond donors (Lipinski definition) is 2. The summed E-state index contributed by atoms with van der Waals surface area (Å²) in [6.07, 6.45) is -0.929. The van der Waals surface area contributed by atoms with E-state index < -0.39 is 22.8 Å². The number of nitro groups is 1. The fraction of sp³-hybridized carbons (Fsp3) is 0.300. The van der Waals surface area contributed by atoms with Gasteiger partial charge in [-0.1, -0.05) is 26.0 Å². The maximum atomic E-state index is 12.0. The number of nitro benzene ring substituents is 1. The van der Waals surface area contributed by atoms with Gasteiger partial charge in [0.2, 0.25) is 0 Å². The summed E-state index contributed by atoms with van der Waals surface area (Å²) in [5.41, 5.74) is 5.56. The van der Waals surface area contributed by atoms with Gasteiger partial charge in [-0.05, 0) is 42.7 Å². The Labute approximate surface area is 168 Å². The Hall–Kier alpha value is -3.62. The van der Waals surface area contributed by atoms with E-state index in [9.17, 15) is 19.7 Å². The molecule has 0 spiro atoms. The molecule has 29 heavy (non-hydrogen) atoms. The minimum atomic E-state index is -0.929. The zero-order chi connectivity index (χ0) is 21.4. The third-order valence-corrected chi connectivity index (χ3v) is 3.97. The first-order valence-electron chi connectivity index (χ1n) is 8.99. The molecule has 0 aromatic heterocycles. The number of non-ortho nitro benzene ring substituents is 1. The van der Waals surface area contributed by atoms with E-state index in [0.29, 0.717) is 11.7 Å². The van der Waals surface area contributed by atoms with Crippen molar-refractivity contribution in [2.24, 2.45) is 0 Å². The van der Waals surface area contributed by atoms with Crippen molar-refractivity contribution < 1.29 is 24.0 Å². The van der Waals surface area contributed by atoms with Crippen LogP contribution in [0.1, 0.15) is 32.3 Å². The Kier molecular flexibility index (Phi) is 7.53. The van der Waals surface area contributed by atoms with E-state index in [1.54, 1.807) is 12.1 Å². The Balaban J connectivity index is 1.74. The predicted molar refractivity (Wildman–Crippen MR) is 105 cm³/mol. The van der Waals surface area contributed by atoms with Crippen molar-refractivity contribution in [3.05, 3.63) is 64.2 Å². The highest BCUT2D eigenvalue weighted by molar-refractivity contribution is 5.85. The minimum absolute atomic E-state index is 0.0828. The number of carbonyl (C=O) groups is 2. The van der Waals surface area contributed by atoms with Crippen LogP contribution in [0.2, 0.25) is 0 Å². The lowest BCUT2D eigenvalue weighted by Crippen LogP contribution is -2.48. The van der Waals surface area contributed by atoms with Gasteiger partial charge in [0.15, 0.2) is 12.7 Å². The number of benzene rings is 2. The molecule has 9 nitrogen and oxygen atoms in total. The second-order valence-electron chi connectivity index (χ2n) is 6.56. The zero-order valence-corrected chi connectivity index (χ0v) is 16.4. The topological polar surface area (TPSA) is 120 Å². The van der Waals surface area contributed by atoms with Crippen LogP contribution >= 0.6 is 0 Å². The lowest BCUT2D eigenvalue weighted by molar-refractivity contribution is -0.384. The summed E-state index contributed by atoms with van der Waals surface area (Å²) >= 11 is 0. The van der Waals surface area contributed by atoms with Crippen LogP contribution in [0.15, 0.2) is 48.5 Å². The Morgan fingerprint density at radius 1 is 0.966 bits per heavy atom. The first kappa shape index (κ1) is 21.7. The largest absolute Gasteiger partial charge is 0.484 e. The van der Waals surface area contributed by atoms with Crippen molar-refractivity contribution in [1.29, 1.82) is 0 Å². The van der Waals surface area contributed by atoms with Crippen LogP contribution in [0.4, 0.5) is 5.69 Å². The van der Waals surface area contributed by atoms with Gasteiger partial charge in [0, 0.05) is 12.1 Å². The highest BCUT2D eigenvalue weighted by Crippen LogP contribution is 2.19. The first-order chi connectivity index (χ1) is 13.8. The zero-order valence-electron chi connectivity index (χ0n) is 16.4. The highest BCUT2D eigenvalue weighted by Gasteiger charge is 2.16. The molecule has 0 fully saturated rings. The van der Waals surface area contributed by atoms with Gasteiger partial charge in [0.05, 0.1) is 4.92 Å². The number of nitrogens with zero attached hydrogens (tertiary/aromatic N) is 1. The monoisotopic (exact) mass is 401 g/mol. The molecule has 1 unspecified atom stereocenters. The third kappa shape index (κ3) is 6.80. The molecule has 0 heterocycles. The lowest BCUT2D eigenvalue weighted by Gasteiger charge is -2.15. The third-order valence-electron chi connectivity index (χ3n) is 3.97. The van der Waals surface area contributed by atoms with Gasteiger partial charge in [0.1, 0.15) is 11.5 Å². The Morgan fingerprint density at radius 2 is 1.55 bits per heavy atom. The number of rotatable bonds is 8. The first-order valence-corrected chi connectivity index (χ1v) is 8.99. The Morgan fingerprint density at radius 3 is 2.10 bits per heavy atom. The van der Waals surface area contributed by atoms with Crippen molar-refractivity contribution in [1.82, 2.24) is 10.9 Å². The molecule has 0 aliphatic heterocycles. The van der Waals surface area contributed by atoms with Crippen LogP contribution in [0.3, 0.4) is 0 Å². The molecule has 2 aromatic rings. The van der Waals surface area contributed by atoms with Crippen molar-refractivity contribution >= 4 is 17.5 Å². The van der Waals surface area contributed by atoms with Crippen LogP contribution in [0.25, 0.3) is 0 Å². The maximum Gasteiger partial charge on any atom is 0.279 e. The van der Waals surface area contributed by atoms with E-state index in [1.807, 2.05) is 12.1 Å². The van der Waals surface area contributed by atoms with Gasteiger partial charge >= 0.3 is 0 Å². The highest BCUT2D eigenvalue weighted by atomic mass is 16.6. The van der Waals surface area contributed by atoms with E-state index in [1.165, 1.54) is 31.2 Å². The molecule has 2 amide bonds. The average Bonchev–Trinajstić information content (AvgIpc) is 2.71. The number of hydrogen-bond acceptors (Lipinski definition) is 6. The summed E-state index contributed by atoms with van der Waals surface area (Å²) in [5, 5.41) is 10.6. The fourth-order valence-corrected chi connectivity index (χ4v) is 2.27. The van der Waals surface area contributed by atoms with E-state index in [-0.39, 0.29) is 18.0 Å². The molecule has 2 aromatic carbocycles. The summed E-state index contributed by atoms with van der Waals surface area (Å²) in [7, 11) is 0. The Bertz CT molecular complexity index is 850. The number of amides is 2.